The monoisotopic (exact) mass is 413 g/mol. The topological polar surface area (TPSA) is 55.4 Å². The van der Waals surface area contributed by atoms with Crippen molar-refractivity contribution in [2.75, 3.05) is 26.2 Å². The molecule has 2 fully saturated rings. The molecule has 1 aliphatic heterocycles. The number of aromatic nitrogens is 1. The molecule has 2 N–H and O–H groups in total. The van der Waals surface area contributed by atoms with Gasteiger partial charge in [0, 0.05) is 29.3 Å². The Morgan fingerprint density at radius 1 is 1.17 bits per heavy atom. The summed E-state index contributed by atoms with van der Waals surface area (Å²) in [4.78, 5) is 3.71. The quantitative estimate of drug-likeness (QED) is 0.576. The predicted molar refractivity (Wildman–Crippen MR) is 115 cm³/mol. The highest BCUT2D eigenvalue weighted by Gasteiger charge is 2.40. The van der Waals surface area contributed by atoms with Crippen LogP contribution in [-0.4, -0.2) is 37.3 Å². The van der Waals surface area contributed by atoms with Crippen LogP contribution >= 0.6 is 0 Å². The summed E-state index contributed by atoms with van der Waals surface area (Å²) < 4.78 is 25.8. The van der Waals surface area contributed by atoms with Gasteiger partial charge in [0.25, 0.3) is 0 Å². The van der Waals surface area contributed by atoms with Crippen LogP contribution in [0.4, 0.5) is 4.39 Å². The molecule has 0 spiro atoms. The van der Waals surface area contributed by atoms with Gasteiger partial charge in [-0.25, -0.2) is 4.98 Å². The van der Waals surface area contributed by atoms with Gasteiger partial charge in [0.2, 0.25) is 5.95 Å². The molecule has 0 amide bonds. The van der Waals surface area contributed by atoms with Gasteiger partial charge in [-0.3, -0.25) is 0 Å². The van der Waals surface area contributed by atoms with Gasteiger partial charge in [0.05, 0.1) is 6.61 Å². The molecule has 1 saturated heterocycles. The zero-order valence-electron chi connectivity index (χ0n) is 17.7. The summed E-state index contributed by atoms with van der Waals surface area (Å²) in [5.41, 5.74) is 1.59. The van der Waals surface area contributed by atoms with Crippen molar-refractivity contribution < 1.29 is 13.9 Å². The molecule has 2 aromatic rings. The number of hydrogen-bond acceptors (Lipinski definition) is 5. The van der Waals surface area contributed by atoms with Crippen molar-refractivity contribution in [3.8, 4) is 11.5 Å². The lowest BCUT2D eigenvalue weighted by Gasteiger charge is -2.22. The van der Waals surface area contributed by atoms with E-state index in [1.54, 1.807) is 12.1 Å². The van der Waals surface area contributed by atoms with Crippen LogP contribution in [0, 0.1) is 11.9 Å². The number of benzene rings is 1. The van der Waals surface area contributed by atoms with Gasteiger partial charge in [0.1, 0.15) is 6.61 Å². The van der Waals surface area contributed by atoms with E-state index in [2.05, 4.69) is 21.7 Å². The SMILES string of the molecule is CCOc1cccc(C2CC2NCCC2CCNCC2)c1OCc1cccnc1F. The highest BCUT2D eigenvalue weighted by atomic mass is 19.1. The lowest BCUT2D eigenvalue weighted by molar-refractivity contribution is 0.262. The predicted octanol–water partition coefficient (Wildman–Crippen LogP) is 4.03. The summed E-state index contributed by atoms with van der Waals surface area (Å²) in [6.07, 6.45) is 6.36. The maximum Gasteiger partial charge on any atom is 0.219 e. The fourth-order valence-electron chi connectivity index (χ4n) is 4.33. The minimum atomic E-state index is -0.489. The van der Waals surface area contributed by atoms with Crippen LogP contribution in [0.2, 0.25) is 0 Å². The third-order valence-corrected chi connectivity index (χ3v) is 6.13. The molecule has 1 aromatic carbocycles. The van der Waals surface area contributed by atoms with Crippen LogP contribution in [0.5, 0.6) is 11.5 Å². The third kappa shape index (κ3) is 5.29. The minimum Gasteiger partial charge on any atom is -0.490 e. The third-order valence-electron chi connectivity index (χ3n) is 6.13. The summed E-state index contributed by atoms with van der Waals surface area (Å²) in [6, 6.07) is 9.94. The number of nitrogens with one attached hydrogen (secondary N) is 2. The Morgan fingerprint density at radius 2 is 2.03 bits per heavy atom. The molecule has 162 valence electrons. The Balaban J connectivity index is 1.39. The zero-order chi connectivity index (χ0) is 20.8. The molecule has 6 heteroatoms. The fourth-order valence-corrected chi connectivity index (χ4v) is 4.33. The van der Waals surface area contributed by atoms with Crippen molar-refractivity contribution in [3.63, 3.8) is 0 Å². The van der Waals surface area contributed by atoms with Gasteiger partial charge in [-0.15, -0.1) is 0 Å². The van der Waals surface area contributed by atoms with E-state index in [1.165, 1.54) is 25.5 Å². The average molecular weight is 414 g/mol. The van der Waals surface area contributed by atoms with Crippen LogP contribution in [0.15, 0.2) is 36.5 Å². The van der Waals surface area contributed by atoms with Gasteiger partial charge < -0.3 is 20.1 Å². The van der Waals surface area contributed by atoms with Crippen LogP contribution in [0.3, 0.4) is 0 Å². The van der Waals surface area contributed by atoms with Crippen molar-refractivity contribution >= 4 is 0 Å². The first-order valence-corrected chi connectivity index (χ1v) is 11.2. The molecular formula is C24H32FN3O2. The number of hydrogen-bond donors (Lipinski definition) is 2. The molecule has 1 saturated carbocycles. The summed E-state index contributed by atoms with van der Waals surface area (Å²) in [6.45, 7) is 6.02. The smallest absolute Gasteiger partial charge is 0.219 e. The Morgan fingerprint density at radius 3 is 2.83 bits per heavy atom. The number of pyridine rings is 1. The number of halogens is 1. The van der Waals surface area contributed by atoms with Crippen molar-refractivity contribution in [2.45, 2.75) is 51.2 Å². The van der Waals surface area contributed by atoms with Crippen molar-refractivity contribution in [1.29, 1.82) is 0 Å². The molecule has 2 aliphatic rings. The number of piperidine rings is 1. The fraction of sp³-hybridized carbons (Fsp3) is 0.542. The van der Waals surface area contributed by atoms with Gasteiger partial charge in [0.15, 0.2) is 11.5 Å². The van der Waals surface area contributed by atoms with E-state index in [-0.39, 0.29) is 6.61 Å². The second-order valence-electron chi connectivity index (χ2n) is 8.23. The van der Waals surface area contributed by atoms with Gasteiger partial charge in [-0.2, -0.15) is 4.39 Å². The second kappa shape index (κ2) is 10.2. The summed E-state index contributed by atoms with van der Waals surface area (Å²) in [7, 11) is 0. The van der Waals surface area contributed by atoms with E-state index < -0.39 is 5.95 Å². The first kappa shape index (κ1) is 21.1. The Hall–Kier alpha value is -2.18. The molecule has 2 atom stereocenters. The lowest BCUT2D eigenvalue weighted by atomic mass is 9.95. The number of nitrogens with zero attached hydrogens (tertiary/aromatic N) is 1. The van der Waals surface area contributed by atoms with Gasteiger partial charge >= 0.3 is 0 Å². The average Bonchev–Trinajstić information content (AvgIpc) is 3.54. The van der Waals surface area contributed by atoms with Crippen molar-refractivity contribution in [3.05, 3.63) is 53.6 Å². The van der Waals surface area contributed by atoms with Crippen LogP contribution < -0.4 is 20.1 Å². The van der Waals surface area contributed by atoms with Crippen molar-refractivity contribution in [1.82, 2.24) is 15.6 Å². The van der Waals surface area contributed by atoms with Crippen LogP contribution in [-0.2, 0) is 6.61 Å². The molecule has 4 rings (SSSR count). The maximum atomic E-state index is 13.9. The molecule has 0 bridgehead atoms. The zero-order valence-corrected chi connectivity index (χ0v) is 17.7. The number of para-hydroxylation sites is 1. The largest absolute Gasteiger partial charge is 0.490 e. The molecule has 2 unspecified atom stereocenters. The normalized spacial score (nSPS) is 21.4. The lowest BCUT2D eigenvalue weighted by Crippen LogP contribution is -2.30. The first-order chi connectivity index (χ1) is 14.8. The summed E-state index contributed by atoms with van der Waals surface area (Å²) >= 11 is 0. The first-order valence-electron chi connectivity index (χ1n) is 11.2. The summed E-state index contributed by atoms with van der Waals surface area (Å²) in [5.74, 6) is 2.21. The molecule has 1 aromatic heterocycles. The van der Waals surface area contributed by atoms with E-state index in [9.17, 15) is 4.39 Å². The highest BCUT2D eigenvalue weighted by molar-refractivity contribution is 5.51. The van der Waals surface area contributed by atoms with E-state index in [4.69, 9.17) is 9.47 Å². The standard InChI is InChI=1S/C24H32FN3O2/c1-2-29-22-7-3-6-19(23(22)30-16-18-5-4-11-28-24(18)25)20-15-21(20)27-14-10-17-8-12-26-13-9-17/h3-7,11,17,20-21,26-27H,2,8-10,12-16H2,1H3. The van der Waals surface area contributed by atoms with E-state index in [0.29, 0.717) is 24.1 Å². The Labute approximate surface area is 178 Å². The maximum absolute atomic E-state index is 13.9. The molecule has 1 aliphatic carbocycles. The van der Waals surface area contributed by atoms with Gasteiger partial charge in [-0.05, 0) is 76.4 Å². The summed E-state index contributed by atoms with van der Waals surface area (Å²) in [5, 5.41) is 7.16. The van der Waals surface area contributed by atoms with E-state index in [0.717, 1.165) is 49.0 Å². The molecule has 5 nitrogen and oxygen atoms in total. The van der Waals surface area contributed by atoms with E-state index >= 15 is 0 Å². The number of rotatable bonds is 10. The molecule has 2 heterocycles. The van der Waals surface area contributed by atoms with E-state index in [1.807, 2.05) is 19.1 Å². The van der Waals surface area contributed by atoms with Crippen LogP contribution in [0.1, 0.15) is 49.7 Å². The molecular weight excluding hydrogens is 381 g/mol. The Bertz CT molecular complexity index is 826. The highest BCUT2D eigenvalue weighted by Crippen LogP contribution is 2.48. The second-order valence-corrected chi connectivity index (χ2v) is 8.23. The number of ether oxygens (including phenoxy) is 2. The van der Waals surface area contributed by atoms with Gasteiger partial charge in [-0.1, -0.05) is 12.1 Å². The minimum absolute atomic E-state index is 0.136. The molecule has 30 heavy (non-hydrogen) atoms. The Kier molecular flexibility index (Phi) is 7.18. The van der Waals surface area contributed by atoms with Crippen molar-refractivity contribution in [2.24, 2.45) is 5.92 Å². The molecule has 0 radical (unpaired) electrons. The van der Waals surface area contributed by atoms with Crippen LogP contribution in [0.25, 0.3) is 0 Å².